The van der Waals surface area contributed by atoms with Crippen molar-refractivity contribution in [2.75, 3.05) is 7.05 Å². The van der Waals surface area contributed by atoms with Gasteiger partial charge in [-0.05, 0) is 14.0 Å². The van der Waals surface area contributed by atoms with E-state index in [1.807, 2.05) is 38.7 Å². The highest BCUT2D eigenvalue weighted by Gasteiger charge is 2.23. The van der Waals surface area contributed by atoms with E-state index in [4.69, 9.17) is 5.84 Å². The summed E-state index contributed by atoms with van der Waals surface area (Å²) in [6.07, 6.45) is 3.67. The van der Waals surface area contributed by atoms with Crippen LogP contribution in [-0.4, -0.2) is 33.4 Å². The van der Waals surface area contributed by atoms with Crippen molar-refractivity contribution < 1.29 is 4.79 Å². The van der Waals surface area contributed by atoms with Crippen LogP contribution in [0.1, 0.15) is 19.7 Å². The number of carbonyl (C=O) groups is 1. The third kappa shape index (κ3) is 3.28. The molecule has 0 aliphatic rings. The average Bonchev–Trinajstić information content (AvgIpc) is 2.72. The molecule has 0 fully saturated rings. The van der Waals surface area contributed by atoms with Gasteiger partial charge in [0.05, 0.1) is 12.5 Å². The van der Waals surface area contributed by atoms with Gasteiger partial charge in [0.1, 0.15) is 5.82 Å². The normalized spacial score (nSPS) is 14.7. The molecule has 0 aliphatic heterocycles. The first kappa shape index (κ1) is 13.7. The fourth-order valence-corrected chi connectivity index (χ4v) is 1.65. The Kier molecular flexibility index (Phi) is 4.65. The number of nitrogens with zero attached hydrogens (tertiary/aromatic N) is 3. The van der Waals surface area contributed by atoms with E-state index in [1.54, 1.807) is 6.20 Å². The molecule has 0 aromatic carbocycles. The number of aromatic nitrogens is 2. The summed E-state index contributed by atoms with van der Waals surface area (Å²) in [5.74, 6) is 5.80. The van der Waals surface area contributed by atoms with Crippen molar-refractivity contribution >= 4 is 5.91 Å². The lowest BCUT2D eigenvalue weighted by atomic mass is 10.0. The Hall–Kier alpha value is -1.40. The first-order valence-corrected chi connectivity index (χ1v) is 5.64. The quantitative estimate of drug-likeness (QED) is 0.426. The first-order chi connectivity index (χ1) is 7.97. The minimum absolute atomic E-state index is 0.0928. The molecular weight excluding hydrogens is 218 g/mol. The van der Waals surface area contributed by atoms with Gasteiger partial charge in [-0.1, -0.05) is 6.92 Å². The maximum Gasteiger partial charge on any atom is 0.238 e. The molecule has 0 saturated heterocycles. The summed E-state index contributed by atoms with van der Waals surface area (Å²) in [4.78, 5) is 17.8. The number of rotatable bonds is 5. The zero-order valence-electron chi connectivity index (χ0n) is 10.8. The van der Waals surface area contributed by atoms with E-state index in [0.29, 0.717) is 6.54 Å². The van der Waals surface area contributed by atoms with E-state index in [-0.39, 0.29) is 17.9 Å². The summed E-state index contributed by atoms with van der Waals surface area (Å²) >= 11 is 0. The molecule has 1 amide bonds. The molecule has 0 radical (unpaired) electrons. The number of hydrazine groups is 1. The number of aryl methyl sites for hydroxylation is 1. The SMILES string of the molecule is CC(C(=O)NN)C(C)N(C)Cc1nccn1C. The topological polar surface area (TPSA) is 76.2 Å². The van der Waals surface area contributed by atoms with Crippen LogP contribution in [0.25, 0.3) is 0 Å². The molecular formula is C11H21N5O. The smallest absolute Gasteiger partial charge is 0.238 e. The fourth-order valence-electron chi connectivity index (χ4n) is 1.65. The summed E-state index contributed by atoms with van der Waals surface area (Å²) in [7, 11) is 3.93. The van der Waals surface area contributed by atoms with Gasteiger partial charge in [-0.3, -0.25) is 15.1 Å². The Morgan fingerprint density at radius 1 is 1.65 bits per heavy atom. The number of hydrogen-bond donors (Lipinski definition) is 2. The Morgan fingerprint density at radius 2 is 2.29 bits per heavy atom. The second kappa shape index (κ2) is 5.79. The molecule has 0 spiro atoms. The number of hydrogen-bond acceptors (Lipinski definition) is 4. The van der Waals surface area contributed by atoms with Gasteiger partial charge in [-0.2, -0.15) is 0 Å². The second-order valence-corrected chi connectivity index (χ2v) is 4.41. The van der Waals surface area contributed by atoms with Crippen LogP contribution in [-0.2, 0) is 18.4 Å². The van der Waals surface area contributed by atoms with Crippen LogP contribution in [0.2, 0.25) is 0 Å². The second-order valence-electron chi connectivity index (χ2n) is 4.41. The summed E-state index contributed by atoms with van der Waals surface area (Å²) < 4.78 is 1.97. The molecule has 0 aliphatic carbocycles. The highest BCUT2D eigenvalue weighted by atomic mass is 16.2. The van der Waals surface area contributed by atoms with E-state index in [9.17, 15) is 4.79 Å². The van der Waals surface area contributed by atoms with Gasteiger partial charge in [-0.25, -0.2) is 10.8 Å². The van der Waals surface area contributed by atoms with Gasteiger partial charge < -0.3 is 4.57 Å². The van der Waals surface area contributed by atoms with Crippen LogP contribution in [0, 0.1) is 5.92 Å². The van der Waals surface area contributed by atoms with E-state index in [2.05, 4.69) is 15.3 Å². The van der Waals surface area contributed by atoms with Crippen molar-refractivity contribution in [2.24, 2.45) is 18.8 Å². The highest BCUT2D eigenvalue weighted by Crippen LogP contribution is 2.11. The van der Waals surface area contributed by atoms with Crippen molar-refractivity contribution in [1.82, 2.24) is 19.9 Å². The van der Waals surface area contributed by atoms with Crippen LogP contribution in [0.15, 0.2) is 12.4 Å². The van der Waals surface area contributed by atoms with Crippen molar-refractivity contribution in [3.8, 4) is 0 Å². The lowest BCUT2D eigenvalue weighted by Gasteiger charge is -2.28. The van der Waals surface area contributed by atoms with E-state index >= 15 is 0 Å². The monoisotopic (exact) mass is 239 g/mol. The Morgan fingerprint density at radius 3 is 2.76 bits per heavy atom. The summed E-state index contributed by atoms with van der Waals surface area (Å²) in [6, 6.07) is 0.0928. The zero-order valence-corrected chi connectivity index (χ0v) is 10.8. The zero-order chi connectivity index (χ0) is 13.0. The minimum Gasteiger partial charge on any atom is -0.337 e. The Bertz CT molecular complexity index is 376. The summed E-state index contributed by atoms with van der Waals surface area (Å²) in [6.45, 7) is 4.57. The lowest BCUT2D eigenvalue weighted by molar-refractivity contribution is -0.126. The summed E-state index contributed by atoms with van der Waals surface area (Å²) in [5.41, 5.74) is 2.18. The van der Waals surface area contributed by atoms with Crippen molar-refractivity contribution in [1.29, 1.82) is 0 Å². The third-order valence-electron chi connectivity index (χ3n) is 3.29. The molecule has 1 heterocycles. The van der Waals surface area contributed by atoms with Gasteiger partial charge in [0.15, 0.2) is 0 Å². The molecule has 2 atom stereocenters. The van der Waals surface area contributed by atoms with Crippen molar-refractivity contribution in [3.63, 3.8) is 0 Å². The molecule has 0 bridgehead atoms. The standard InChI is InChI=1S/C11H21N5O/c1-8(11(17)14-12)9(2)16(4)7-10-13-5-6-15(10)3/h5-6,8-9H,7,12H2,1-4H3,(H,14,17). The molecule has 3 N–H and O–H groups in total. The molecule has 96 valence electrons. The van der Waals surface area contributed by atoms with Crippen LogP contribution in [0.3, 0.4) is 0 Å². The predicted molar refractivity (Wildman–Crippen MR) is 65.6 cm³/mol. The first-order valence-electron chi connectivity index (χ1n) is 5.64. The van der Waals surface area contributed by atoms with Crippen LogP contribution in [0.4, 0.5) is 0 Å². The molecule has 1 rings (SSSR count). The van der Waals surface area contributed by atoms with E-state index < -0.39 is 0 Å². The van der Waals surface area contributed by atoms with Gasteiger partial charge >= 0.3 is 0 Å². The molecule has 1 aromatic rings. The van der Waals surface area contributed by atoms with Gasteiger partial charge in [-0.15, -0.1) is 0 Å². The Balaban J connectivity index is 2.61. The summed E-state index contributed by atoms with van der Waals surface area (Å²) in [5, 5.41) is 0. The van der Waals surface area contributed by atoms with E-state index in [0.717, 1.165) is 5.82 Å². The van der Waals surface area contributed by atoms with Gasteiger partial charge in [0, 0.05) is 25.5 Å². The number of amides is 1. The molecule has 6 heteroatoms. The van der Waals surface area contributed by atoms with Gasteiger partial charge in [0.2, 0.25) is 5.91 Å². The number of nitrogens with two attached hydrogens (primary N) is 1. The molecule has 17 heavy (non-hydrogen) atoms. The maximum atomic E-state index is 11.4. The molecule has 1 aromatic heterocycles. The maximum absolute atomic E-state index is 11.4. The minimum atomic E-state index is -0.162. The number of imidazole rings is 1. The predicted octanol–water partition coefficient (Wildman–Crippen LogP) is -0.134. The highest BCUT2D eigenvalue weighted by molar-refractivity contribution is 5.78. The van der Waals surface area contributed by atoms with Crippen LogP contribution < -0.4 is 11.3 Å². The van der Waals surface area contributed by atoms with E-state index in [1.165, 1.54) is 0 Å². The molecule has 0 saturated carbocycles. The van der Waals surface area contributed by atoms with Crippen molar-refractivity contribution in [3.05, 3.63) is 18.2 Å². The van der Waals surface area contributed by atoms with Crippen LogP contribution in [0.5, 0.6) is 0 Å². The Labute approximate surface area is 102 Å². The number of carbonyl (C=O) groups excluding carboxylic acids is 1. The number of nitrogens with one attached hydrogen (secondary N) is 1. The van der Waals surface area contributed by atoms with Gasteiger partial charge in [0.25, 0.3) is 0 Å². The molecule has 6 nitrogen and oxygen atoms in total. The molecule has 2 unspecified atom stereocenters. The third-order valence-corrected chi connectivity index (χ3v) is 3.29. The van der Waals surface area contributed by atoms with Crippen LogP contribution >= 0.6 is 0 Å². The lowest BCUT2D eigenvalue weighted by Crippen LogP contribution is -2.44. The largest absolute Gasteiger partial charge is 0.337 e. The fraction of sp³-hybridized carbons (Fsp3) is 0.636. The average molecular weight is 239 g/mol. The van der Waals surface area contributed by atoms with Crippen molar-refractivity contribution in [2.45, 2.75) is 26.4 Å².